The third-order valence-corrected chi connectivity index (χ3v) is 6.19. The summed E-state index contributed by atoms with van der Waals surface area (Å²) in [5.41, 5.74) is 3.09. The van der Waals surface area contributed by atoms with E-state index in [2.05, 4.69) is 10.1 Å². The van der Waals surface area contributed by atoms with Crippen LogP contribution in [0.25, 0.3) is 5.65 Å². The number of piperidine rings is 1. The molecule has 1 amide bonds. The lowest BCUT2D eigenvalue weighted by atomic mass is 9.86. The van der Waals surface area contributed by atoms with Gasteiger partial charge in [-0.25, -0.2) is 13.9 Å². The molecule has 31 heavy (non-hydrogen) atoms. The molecule has 2 aliphatic heterocycles. The minimum Gasteiger partial charge on any atom is -0.489 e. The van der Waals surface area contributed by atoms with Crippen molar-refractivity contribution >= 4 is 17.3 Å². The first-order valence-corrected chi connectivity index (χ1v) is 10.5. The zero-order valence-corrected chi connectivity index (χ0v) is 17.5. The van der Waals surface area contributed by atoms with E-state index in [9.17, 15) is 14.0 Å². The summed E-state index contributed by atoms with van der Waals surface area (Å²) in [5.74, 6) is -0.230. The topological polar surface area (TPSA) is 76.8 Å². The second kappa shape index (κ2) is 7.44. The molecule has 0 radical (unpaired) electrons. The molecular formula is C23H23FN4O3. The quantitative estimate of drug-likeness (QED) is 0.633. The first-order valence-electron chi connectivity index (χ1n) is 10.5. The maximum atomic E-state index is 13.5. The number of fused-ring (bicyclic) bond motifs is 2. The van der Waals surface area contributed by atoms with E-state index in [1.54, 1.807) is 15.6 Å². The van der Waals surface area contributed by atoms with E-state index >= 15 is 0 Å². The number of halogens is 1. The number of hydrogen-bond acceptors (Lipinski definition) is 5. The molecule has 0 unspecified atom stereocenters. The average Bonchev–Trinajstić information content (AvgIpc) is 3.18. The van der Waals surface area contributed by atoms with E-state index in [0.717, 1.165) is 24.2 Å². The zero-order valence-electron chi connectivity index (χ0n) is 17.5. The Morgan fingerprint density at radius 2 is 2.10 bits per heavy atom. The summed E-state index contributed by atoms with van der Waals surface area (Å²) in [4.78, 5) is 32.2. The maximum Gasteiger partial charge on any atom is 0.259 e. The number of nitrogens with zero attached hydrogens (tertiary/aromatic N) is 4. The molecule has 0 saturated carbocycles. The number of Topliss-reactive ketones (excluding diaryl/α,β-unsaturated/α-hetero) is 1. The molecule has 4 heterocycles. The lowest BCUT2D eigenvalue weighted by Crippen LogP contribution is -2.46. The summed E-state index contributed by atoms with van der Waals surface area (Å²) in [6.45, 7) is 4.96. The predicted molar refractivity (Wildman–Crippen MR) is 111 cm³/mol. The van der Waals surface area contributed by atoms with Gasteiger partial charge in [0.25, 0.3) is 5.91 Å². The fourth-order valence-corrected chi connectivity index (χ4v) is 4.67. The van der Waals surface area contributed by atoms with E-state index in [1.807, 2.05) is 19.9 Å². The highest BCUT2D eigenvalue weighted by Gasteiger charge is 2.36. The molecule has 8 heteroatoms. The van der Waals surface area contributed by atoms with Gasteiger partial charge in [0.05, 0.1) is 11.8 Å². The SMILES string of the molecule is Cc1cc(C)n2ncc(C(=O)N3CCC[C@H]([C@H]4CC(=O)c5cc(F)ccc5O4)C3)c2n1. The van der Waals surface area contributed by atoms with Gasteiger partial charge in [-0.15, -0.1) is 0 Å². The van der Waals surface area contributed by atoms with E-state index in [1.165, 1.54) is 18.2 Å². The number of carbonyl (C=O) groups is 2. The molecule has 0 aliphatic carbocycles. The van der Waals surface area contributed by atoms with Gasteiger partial charge in [-0.2, -0.15) is 5.10 Å². The molecule has 2 aliphatic rings. The lowest BCUT2D eigenvalue weighted by molar-refractivity contribution is 0.0409. The Hall–Kier alpha value is -3.29. The van der Waals surface area contributed by atoms with Gasteiger partial charge in [0, 0.05) is 36.8 Å². The summed E-state index contributed by atoms with van der Waals surface area (Å²) in [6, 6.07) is 5.96. The first-order chi connectivity index (χ1) is 14.9. The van der Waals surface area contributed by atoms with E-state index < -0.39 is 5.82 Å². The van der Waals surface area contributed by atoms with Crippen molar-refractivity contribution in [1.82, 2.24) is 19.5 Å². The molecule has 1 saturated heterocycles. The van der Waals surface area contributed by atoms with E-state index in [-0.39, 0.29) is 30.1 Å². The molecule has 5 rings (SSSR count). The average molecular weight is 422 g/mol. The standard InChI is InChI=1S/C23H23FN4O3/c1-13-8-14(2)28-22(26-13)18(11-25-28)23(30)27-7-3-4-15(12-27)21-10-19(29)17-9-16(24)5-6-20(17)31-21/h5-6,8-9,11,15,21H,3-4,7,10,12H2,1-2H3/t15-,21+/m0/s1. The van der Waals surface area contributed by atoms with Crippen molar-refractivity contribution in [3.8, 4) is 5.75 Å². The Morgan fingerprint density at radius 3 is 2.94 bits per heavy atom. The van der Waals surface area contributed by atoms with Crippen LogP contribution in [0, 0.1) is 25.6 Å². The van der Waals surface area contributed by atoms with Crippen LogP contribution in [0.3, 0.4) is 0 Å². The summed E-state index contributed by atoms with van der Waals surface area (Å²) in [6.07, 6.45) is 3.13. The molecule has 0 spiro atoms. The molecule has 7 nitrogen and oxygen atoms in total. The van der Waals surface area contributed by atoms with Gasteiger partial charge >= 0.3 is 0 Å². The zero-order chi connectivity index (χ0) is 21.7. The highest BCUT2D eigenvalue weighted by Crippen LogP contribution is 2.34. The van der Waals surface area contributed by atoms with Crippen LogP contribution < -0.4 is 4.74 Å². The van der Waals surface area contributed by atoms with Gasteiger partial charge in [0.2, 0.25) is 0 Å². The fraction of sp³-hybridized carbons (Fsp3) is 0.391. The van der Waals surface area contributed by atoms with Crippen LogP contribution in [0.1, 0.15) is 51.4 Å². The van der Waals surface area contributed by atoms with Crippen molar-refractivity contribution in [2.24, 2.45) is 5.92 Å². The van der Waals surface area contributed by atoms with E-state index in [4.69, 9.17) is 4.74 Å². The normalized spacial score (nSPS) is 21.1. The van der Waals surface area contributed by atoms with Gasteiger partial charge in [0.15, 0.2) is 11.4 Å². The van der Waals surface area contributed by atoms with Gasteiger partial charge in [0.1, 0.15) is 23.2 Å². The maximum absolute atomic E-state index is 13.5. The summed E-state index contributed by atoms with van der Waals surface area (Å²) < 4.78 is 21.2. The van der Waals surface area contributed by atoms with Crippen LogP contribution in [-0.2, 0) is 0 Å². The van der Waals surface area contributed by atoms with E-state index in [0.29, 0.717) is 35.6 Å². The molecule has 2 atom stereocenters. The number of ketones is 1. The number of rotatable bonds is 2. The van der Waals surface area contributed by atoms with Crippen molar-refractivity contribution in [2.75, 3.05) is 13.1 Å². The second-order valence-corrected chi connectivity index (χ2v) is 8.41. The van der Waals surface area contributed by atoms with Gasteiger partial charge in [-0.05, 0) is 51.0 Å². The predicted octanol–water partition coefficient (Wildman–Crippen LogP) is 3.37. The van der Waals surface area contributed by atoms with Crippen LogP contribution in [0.15, 0.2) is 30.5 Å². The molecule has 2 aromatic heterocycles. The van der Waals surface area contributed by atoms with Crippen molar-refractivity contribution < 1.29 is 18.7 Å². The number of amides is 1. The van der Waals surface area contributed by atoms with Crippen LogP contribution in [0.2, 0.25) is 0 Å². The Balaban J connectivity index is 1.37. The van der Waals surface area contributed by atoms with Crippen LogP contribution >= 0.6 is 0 Å². The van der Waals surface area contributed by atoms with Gasteiger partial charge < -0.3 is 9.64 Å². The van der Waals surface area contributed by atoms with Crippen molar-refractivity contribution in [3.05, 3.63) is 58.8 Å². The van der Waals surface area contributed by atoms with Crippen molar-refractivity contribution in [3.63, 3.8) is 0 Å². The Labute approximate surface area is 178 Å². The lowest BCUT2D eigenvalue weighted by Gasteiger charge is -2.38. The molecule has 0 bridgehead atoms. The molecule has 1 aromatic carbocycles. The minimum atomic E-state index is -0.448. The largest absolute Gasteiger partial charge is 0.489 e. The first kappa shape index (κ1) is 19.7. The molecule has 3 aromatic rings. The number of likely N-dealkylation sites (tertiary alicyclic amines) is 1. The number of aromatic nitrogens is 3. The molecular weight excluding hydrogens is 399 g/mol. The summed E-state index contributed by atoms with van der Waals surface area (Å²) in [5, 5.41) is 4.33. The highest BCUT2D eigenvalue weighted by molar-refractivity contribution is 6.00. The Bertz CT molecular complexity index is 1200. The smallest absolute Gasteiger partial charge is 0.259 e. The minimum absolute atomic E-state index is 0.0260. The van der Waals surface area contributed by atoms with Crippen molar-refractivity contribution in [2.45, 2.75) is 39.2 Å². The number of ether oxygens (including phenoxy) is 1. The van der Waals surface area contributed by atoms with Gasteiger partial charge in [-0.1, -0.05) is 0 Å². The van der Waals surface area contributed by atoms with Crippen LogP contribution in [0.5, 0.6) is 5.75 Å². The second-order valence-electron chi connectivity index (χ2n) is 8.41. The van der Waals surface area contributed by atoms with Crippen LogP contribution in [-0.4, -0.2) is 50.4 Å². The molecule has 1 fully saturated rings. The monoisotopic (exact) mass is 422 g/mol. The number of hydrogen-bond donors (Lipinski definition) is 0. The van der Waals surface area contributed by atoms with Crippen molar-refractivity contribution in [1.29, 1.82) is 0 Å². The highest BCUT2D eigenvalue weighted by atomic mass is 19.1. The van der Waals surface area contributed by atoms with Crippen LogP contribution in [0.4, 0.5) is 4.39 Å². The fourth-order valence-electron chi connectivity index (χ4n) is 4.67. The molecule has 0 N–H and O–H groups in total. The number of benzene rings is 1. The number of carbonyl (C=O) groups excluding carboxylic acids is 2. The Kier molecular flexibility index (Phi) is 4.72. The van der Waals surface area contributed by atoms with Gasteiger partial charge in [-0.3, -0.25) is 9.59 Å². The summed E-state index contributed by atoms with van der Waals surface area (Å²) >= 11 is 0. The number of aryl methyl sites for hydroxylation is 2. The summed E-state index contributed by atoms with van der Waals surface area (Å²) in [7, 11) is 0. The third kappa shape index (κ3) is 3.45. The third-order valence-electron chi connectivity index (χ3n) is 6.19. The molecule has 160 valence electrons. The Morgan fingerprint density at radius 1 is 1.26 bits per heavy atom.